The number of anilines is 2. The van der Waals surface area contributed by atoms with Crippen molar-refractivity contribution in [2.45, 2.75) is 42.7 Å². The standard InChI is InChI=1S/C28H31N5O4S3/c1-28(2)13-18-19(14-37-28)24(33-9-11-36-12-10-33)31-25-21(18)22-23(40-25)26(32-27(30-22)38-4)39-15-20(34)29-16-5-7-17(35-3)8-6-16/h5-8H,9-15H2,1-4H3,(H,29,34). The van der Waals surface area contributed by atoms with Crippen LogP contribution < -0.4 is 15.0 Å². The third kappa shape index (κ3) is 5.47. The zero-order valence-corrected chi connectivity index (χ0v) is 25.4. The summed E-state index contributed by atoms with van der Waals surface area (Å²) < 4.78 is 18.0. The summed E-state index contributed by atoms with van der Waals surface area (Å²) in [6.07, 6.45) is 2.75. The number of nitrogens with zero attached hydrogens (tertiary/aromatic N) is 4. The highest BCUT2D eigenvalue weighted by atomic mass is 32.2. The quantitative estimate of drug-likeness (QED) is 0.170. The molecular weight excluding hydrogens is 567 g/mol. The fourth-order valence-corrected chi connectivity index (χ4v) is 7.51. The van der Waals surface area contributed by atoms with Gasteiger partial charge in [0.1, 0.15) is 21.4 Å². The molecule has 2 aliphatic rings. The first-order valence-corrected chi connectivity index (χ1v) is 16.1. The molecule has 12 heteroatoms. The fraction of sp³-hybridized carbons (Fsp3) is 0.429. The van der Waals surface area contributed by atoms with Crippen molar-refractivity contribution >= 4 is 72.7 Å². The first-order chi connectivity index (χ1) is 19.3. The zero-order chi connectivity index (χ0) is 27.9. The van der Waals surface area contributed by atoms with Gasteiger partial charge in [0, 0.05) is 36.1 Å². The Balaban J connectivity index is 1.39. The molecule has 5 heterocycles. The van der Waals surface area contributed by atoms with Gasteiger partial charge >= 0.3 is 0 Å². The van der Waals surface area contributed by atoms with Crippen molar-refractivity contribution in [1.82, 2.24) is 15.0 Å². The van der Waals surface area contributed by atoms with Crippen molar-refractivity contribution in [1.29, 1.82) is 0 Å². The molecule has 3 aromatic heterocycles. The number of thioether (sulfide) groups is 2. The maximum atomic E-state index is 12.8. The highest BCUT2D eigenvalue weighted by Gasteiger charge is 2.33. The van der Waals surface area contributed by atoms with Crippen molar-refractivity contribution in [2.24, 2.45) is 0 Å². The second-order valence-corrected chi connectivity index (χ2v) is 13.0. The van der Waals surface area contributed by atoms with Crippen molar-refractivity contribution < 1.29 is 19.0 Å². The van der Waals surface area contributed by atoms with Crippen LogP contribution in [0.1, 0.15) is 25.0 Å². The minimum Gasteiger partial charge on any atom is -0.497 e. The topological polar surface area (TPSA) is 98.7 Å². The molecule has 0 aliphatic carbocycles. The number of benzene rings is 1. The van der Waals surface area contributed by atoms with Crippen LogP contribution in [0.5, 0.6) is 5.75 Å². The van der Waals surface area contributed by atoms with Crippen LogP contribution in [0.3, 0.4) is 0 Å². The number of rotatable bonds is 7. The number of hydrogen-bond donors (Lipinski definition) is 1. The molecule has 1 amide bonds. The van der Waals surface area contributed by atoms with Crippen LogP contribution in [-0.2, 0) is 27.3 Å². The van der Waals surface area contributed by atoms with E-state index in [9.17, 15) is 4.79 Å². The summed E-state index contributed by atoms with van der Waals surface area (Å²) in [6.45, 7) is 7.78. The molecule has 0 atom stereocenters. The molecule has 1 N–H and O–H groups in total. The van der Waals surface area contributed by atoms with Crippen LogP contribution in [0.2, 0.25) is 0 Å². The zero-order valence-electron chi connectivity index (χ0n) is 22.9. The number of hydrogen-bond acceptors (Lipinski definition) is 11. The summed E-state index contributed by atoms with van der Waals surface area (Å²) in [7, 11) is 1.62. The number of carbonyl (C=O) groups excluding carboxylic acids is 1. The lowest BCUT2D eigenvalue weighted by atomic mass is 9.90. The number of fused-ring (bicyclic) bond motifs is 5. The van der Waals surface area contributed by atoms with Crippen molar-refractivity contribution in [3.05, 3.63) is 35.4 Å². The first kappa shape index (κ1) is 27.5. The number of ether oxygens (including phenoxy) is 3. The monoisotopic (exact) mass is 597 g/mol. The van der Waals surface area contributed by atoms with E-state index in [0.717, 1.165) is 67.8 Å². The summed E-state index contributed by atoms with van der Waals surface area (Å²) in [5, 5.41) is 5.53. The van der Waals surface area contributed by atoms with Gasteiger partial charge in [0.15, 0.2) is 5.16 Å². The van der Waals surface area contributed by atoms with Crippen molar-refractivity contribution in [3.63, 3.8) is 0 Å². The fourth-order valence-electron chi connectivity index (χ4n) is 5.04. The smallest absolute Gasteiger partial charge is 0.234 e. The second-order valence-electron chi connectivity index (χ2n) is 10.3. The van der Waals surface area contributed by atoms with E-state index in [0.29, 0.717) is 25.0 Å². The molecule has 1 aromatic carbocycles. The van der Waals surface area contributed by atoms with E-state index in [1.54, 1.807) is 18.4 Å². The normalized spacial score (nSPS) is 16.8. The first-order valence-electron chi connectivity index (χ1n) is 13.1. The SMILES string of the molecule is COc1ccc(NC(=O)CSc2nc(SC)nc3c2sc2nc(N4CCOCC4)c4c(c23)CC(C)(C)OC4)cc1. The van der Waals surface area contributed by atoms with Gasteiger partial charge in [0.2, 0.25) is 5.91 Å². The van der Waals surface area contributed by atoms with E-state index in [4.69, 9.17) is 29.2 Å². The van der Waals surface area contributed by atoms with E-state index < -0.39 is 0 Å². The summed E-state index contributed by atoms with van der Waals surface area (Å²) >= 11 is 4.54. The number of carbonyl (C=O) groups is 1. The van der Waals surface area contributed by atoms with Gasteiger partial charge < -0.3 is 24.4 Å². The average Bonchev–Trinajstić information content (AvgIpc) is 3.34. The molecule has 1 fully saturated rings. The van der Waals surface area contributed by atoms with Gasteiger partial charge in [-0.25, -0.2) is 15.0 Å². The Kier molecular flexibility index (Phi) is 7.79. The van der Waals surface area contributed by atoms with Gasteiger partial charge in [-0.2, -0.15) is 0 Å². The van der Waals surface area contributed by atoms with Crippen LogP contribution in [0.15, 0.2) is 34.4 Å². The van der Waals surface area contributed by atoms with E-state index in [2.05, 4.69) is 24.1 Å². The predicted octanol–water partition coefficient (Wildman–Crippen LogP) is 5.39. The Labute approximate surface area is 245 Å². The van der Waals surface area contributed by atoms with Gasteiger partial charge in [-0.15, -0.1) is 11.3 Å². The van der Waals surface area contributed by atoms with Crippen LogP contribution in [0.4, 0.5) is 11.5 Å². The highest BCUT2D eigenvalue weighted by molar-refractivity contribution is 8.00. The number of nitrogens with one attached hydrogen (secondary N) is 1. The predicted molar refractivity (Wildman–Crippen MR) is 162 cm³/mol. The molecule has 0 radical (unpaired) electrons. The molecule has 2 aliphatic heterocycles. The Morgan fingerprint density at radius 3 is 2.65 bits per heavy atom. The van der Waals surface area contributed by atoms with Gasteiger partial charge in [0.25, 0.3) is 0 Å². The molecule has 210 valence electrons. The number of aromatic nitrogens is 3. The van der Waals surface area contributed by atoms with E-state index in [-0.39, 0.29) is 17.3 Å². The van der Waals surface area contributed by atoms with Gasteiger partial charge in [-0.3, -0.25) is 4.79 Å². The van der Waals surface area contributed by atoms with Crippen LogP contribution in [-0.4, -0.2) is 71.9 Å². The molecule has 40 heavy (non-hydrogen) atoms. The summed E-state index contributed by atoms with van der Waals surface area (Å²) in [5.41, 5.74) is 3.75. The molecular formula is C28H31N5O4S3. The van der Waals surface area contributed by atoms with E-state index in [1.165, 1.54) is 29.1 Å². The third-order valence-corrected chi connectivity index (χ3v) is 9.76. The number of methoxy groups -OCH3 is 1. The lowest BCUT2D eigenvalue weighted by Crippen LogP contribution is -2.39. The molecule has 0 bridgehead atoms. The van der Waals surface area contributed by atoms with Crippen LogP contribution in [0.25, 0.3) is 20.4 Å². The summed E-state index contributed by atoms with van der Waals surface area (Å²) in [6, 6.07) is 7.30. The Hall–Kier alpha value is -2.64. The van der Waals surface area contributed by atoms with Gasteiger partial charge in [-0.1, -0.05) is 23.5 Å². The molecule has 0 unspecified atom stereocenters. The lowest BCUT2D eigenvalue weighted by molar-refractivity contribution is -0.113. The minimum atomic E-state index is -0.287. The average molecular weight is 598 g/mol. The maximum Gasteiger partial charge on any atom is 0.234 e. The Morgan fingerprint density at radius 1 is 1.15 bits per heavy atom. The number of amides is 1. The highest BCUT2D eigenvalue weighted by Crippen LogP contribution is 2.45. The number of pyridine rings is 1. The minimum absolute atomic E-state index is 0.0993. The van der Waals surface area contributed by atoms with Crippen molar-refractivity contribution in [2.75, 3.05) is 55.6 Å². The van der Waals surface area contributed by atoms with Crippen LogP contribution >= 0.6 is 34.9 Å². The molecule has 1 saturated heterocycles. The second kappa shape index (κ2) is 11.3. The molecule has 0 spiro atoms. The Bertz CT molecular complexity index is 1570. The van der Waals surface area contributed by atoms with Crippen LogP contribution in [0, 0.1) is 0 Å². The summed E-state index contributed by atoms with van der Waals surface area (Å²) in [4.78, 5) is 31.1. The number of morpholine rings is 1. The lowest BCUT2D eigenvalue weighted by Gasteiger charge is -2.36. The Morgan fingerprint density at radius 2 is 1.93 bits per heavy atom. The van der Waals surface area contributed by atoms with Gasteiger partial charge in [0.05, 0.1) is 48.5 Å². The molecule has 4 aromatic rings. The molecule has 0 saturated carbocycles. The molecule has 9 nitrogen and oxygen atoms in total. The number of thiophene rings is 1. The van der Waals surface area contributed by atoms with E-state index in [1.807, 2.05) is 30.5 Å². The maximum absolute atomic E-state index is 12.8. The molecule has 6 rings (SSSR count). The largest absolute Gasteiger partial charge is 0.497 e. The third-order valence-electron chi connectivity index (χ3n) is 7.02. The van der Waals surface area contributed by atoms with Crippen molar-refractivity contribution in [3.8, 4) is 5.75 Å². The summed E-state index contributed by atoms with van der Waals surface area (Å²) in [5.74, 6) is 1.86. The van der Waals surface area contributed by atoms with Gasteiger partial charge in [-0.05, 0) is 49.9 Å². The van der Waals surface area contributed by atoms with E-state index >= 15 is 0 Å².